The molecule has 6 aromatic heterocycles. The van der Waals surface area contributed by atoms with Crippen molar-refractivity contribution in [2.24, 2.45) is 21.1 Å². The Kier molecular flexibility index (Phi) is 13.2. The van der Waals surface area contributed by atoms with Gasteiger partial charge in [-0.2, -0.15) is 0 Å². The number of carbonyl (C=O) groups excluding carboxylic acids is 6. The second-order valence-electron chi connectivity index (χ2n) is 12.1. The molecule has 270 valence electrons. The Morgan fingerprint density at radius 3 is 0.815 bits per heavy atom. The molecule has 0 saturated carbocycles. The fraction of sp³-hybridized carbons (Fsp3) is 0.0769. The summed E-state index contributed by atoms with van der Waals surface area (Å²) in [5, 5.41) is 0. The highest BCUT2D eigenvalue weighted by Crippen LogP contribution is 2.27. The maximum absolute atomic E-state index is 12.3. The lowest BCUT2D eigenvalue weighted by Gasteiger charge is -2.15. The molecule has 15 heteroatoms. The van der Waals surface area contributed by atoms with Gasteiger partial charge in [0.1, 0.15) is 21.1 Å². The Bertz CT molecular complexity index is 2390. The molecule has 54 heavy (non-hydrogen) atoms. The van der Waals surface area contributed by atoms with Gasteiger partial charge in [-0.15, -0.1) is 0 Å². The molecule has 6 aromatic rings. The molecule has 3 aliphatic carbocycles. The van der Waals surface area contributed by atoms with Crippen LogP contribution in [-0.4, -0.2) is 49.7 Å². The summed E-state index contributed by atoms with van der Waals surface area (Å²) in [5.41, 5.74) is 5.19. The Hall–Kier alpha value is -4.89. The minimum Gasteiger partial charge on any atom is -1.00 e. The van der Waals surface area contributed by atoms with E-state index >= 15 is 0 Å². The van der Waals surface area contributed by atoms with Gasteiger partial charge in [0.25, 0.3) is 0 Å². The number of hydrogen-bond acceptors (Lipinski definition) is 9. The van der Waals surface area contributed by atoms with Gasteiger partial charge in [-0.3, -0.25) is 43.7 Å². The lowest BCUT2D eigenvalue weighted by molar-refractivity contribution is -0.672. The molecular formula is C39H27I3N6O6. The fourth-order valence-corrected chi connectivity index (χ4v) is 6.12. The smallest absolute Gasteiger partial charge is 0.200 e. The first kappa shape index (κ1) is 41.9. The Morgan fingerprint density at radius 1 is 0.333 bits per heavy atom. The zero-order chi connectivity index (χ0) is 36.0. The van der Waals surface area contributed by atoms with Crippen LogP contribution in [0.25, 0.3) is 0 Å². The number of ketones is 6. The third-order valence-electron chi connectivity index (χ3n) is 8.70. The van der Waals surface area contributed by atoms with Crippen LogP contribution >= 0.6 is 0 Å². The number of aromatic nitrogens is 6. The molecule has 0 radical (unpaired) electrons. The largest absolute Gasteiger partial charge is 1.00 e. The Morgan fingerprint density at radius 2 is 0.556 bits per heavy atom. The molecule has 0 unspecified atom stereocenters. The molecule has 0 saturated heterocycles. The summed E-state index contributed by atoms with van der Waals surface area (Å²) >= 11 is 0. The zero-order valence-electron chi connectivity index (χ0n) is 28.7. The lowest BCUT2D eigenvalue weighted by Crippen LogP contribution is -3.00. The highest BCUT2D eigenvalue weighted by Gasteiger charge is 2.34. The zero-order valence-corrected chi connectivity index (χ0v) is 35.1. The first-order chi connectivity index (χ1) is 24.5. The molecule has 0 atom stereocenters. The van der Waals surface area contributed by atoms with Crippen LogP contribution in [0.15, 0.2) is 111 Å². The van der Waals surface area contributed by atoms with Crippen LogP contribution in [0.3, 0.4) is 0 Å². The summed E-state index contributed by atoms with van der Waals surface area (Å²) in [6.07, 6.45) is 19.2. The van der Waals surface area contributed by atoms with E-state index in [2.05, 4.69) is 15.0 Å². The van der Waals surface area contributed by atoms with Gasteiger partial charge in [0.05, 0.1) is 33.4 Å². The second-order valence-corrected chi connectivity index (χ2v) is 12.1. The number of halogens is 3. The van der Waals surface area contributed by atoms with E-state index in [1.165, 1.54) is 37.2 Å². The molecule has 0 amide bonds. The molecule has 0 aromatic carbocycles. The van der Waals surface area contributed by atoms with Crippen molar-refractivity contribution in [2.75, 3.05) is 0 Å². The molecule has 0 aliphatic heterocycles. The summed E-state index contributed by atoms with van der Waals surface area (Å²) in [4.78, 5) is 84.8. The van der Waals surface area contributed by atoms with Crippen LogP contribution in [0, 0.1) is 0 Å². The summed E-state index contributed by atoms with van der Waals surface area (Å²) in [6.45, 7) is 0. The van der Waals surface area contributed by atoms with Gasteiger partial charge >= 0.3 is 0 Å². The average molecular weight is 1060 g/mol. The molecule has 6 heterocycles. The van der Waals surface area contributed by atoms with Crippen molar-refractivity contribution in [1.29, 1.82) is 0 Å². The van der Waals surface area contributed by atoms with E-state index in [0.717, 1.165) is 0 Å². The maximum atomic E-state index is 12.3. The first-order valence-electron chi connectivity index (χ1n) is 15.6. The number of rotatable bonds is 0. The summed E-state index contributed by atoms with van der Waals surface area (Å²) in [6, 6.07) is 9.78. The monoisotopic (exact) mass is 1060 g/mol. The third kappa shape index (κ3) is 7.56. The maximum Gasteiger partial charge on any atom is 0.200 e. The van der Waals surface area contributed by atoms with Crippen molar-refractivity contribution in [3.63, 3.8) is 0 Å². The van der Waals surface area contributed by atoms with Crippen LogP contribution in [0.4, 0.5) is 0 Å². The van der Waals surface area contributed by atoms with Gasteiger partial charge in [-0.25, -0.2) is 13.7 Å². The van der Waals surface area contributed by atoms with Crippen molar-refractivity contribution in [3.8, 4) is 0 Å². The van der Waals surface area contributed by atoms with Crippen LogP contribution in [0.1, 0.15) is 95.5 Å². The van der Waals surface area contributed by atoms with Gasteiger partial charge in [-0.05, 0) is 18.2 Å². The predicted molar refractivity (Wildman–Crippen MR) is 176 cm³/mol. The Labute approximate surface area is 359 Å². The minimum atomic E-state index is -0.167. The number of pyridine rings is 6. The molecule has 0 spiro atoms. The number of nitrogens with zero attached hydrogens (tertiary/aromatic N) is 6. The van der Waals surface area contributed by atoms with E-state index < -0.39 is 0 Å². The van der Waals surface area contributed by atoms with Crippen molar-refractivity contribution in [1.82, 2.24) is 15.0 Å². The minimum absolute atomic E-state index is 0. The standard InChI is InChI=1S/C14H12N2O2.C13H9N2O2.C12H6N2O2.3HI/c1-15-5-3-9-11(7-15)13(17)10-4-6-16(2)8-12(10)14(9)18;1-15-5-3-9-11(7-15)13(17)8-2-4-14-6-10(8)12(9)16;15-11-7-1-3-13-5-9(7)12(16)8-2-4-14-6-10(8)11;;;/h3-8H,1-2H3;2-7H,1H3;1-6H;3*1H/q+2;+1;;;;/p-3. The SMILES string of the molecule is C[n+]1ccc2c(c1)C(=O)c1cc[n+](C)cc1C2=O.C[n+]1ccc2c(c1)C(=O)c1ccncc1C2=O.O=C1c2ccncc2C(=O)c2ccncc21.[I-].[I-].[I-]. The van der Waals surface area contributed by atoms with Crippen LogP contribution in [0.2, 0.25) is 0 Å². The molecule has 12 nitrogen and oxygen atoms in total. The predicted octanol–water partition coefficient (Wildman–Crippen LogP) is -6.94. The quantitative estimate of drug-likeness (QED) is 0.107. The van der Waals surface area contributed by atoms with Crippen molar-refractivity contribution >= 4 is 34.7 Å². The third-order valence-corrected chi connectivity index (χ3v) is 8.70. The van der Waals surface area contributed by atoms with Gasteiger partial charge < -0.3 is 71.9 Å². The fourth-order valence-electron chi connectivity index (χ4n) is 6.12. The molecule has 0 N–H and O–H groups in total. The van der Waals surface area contributed by atoms with Crippen molar-refractivity contribution in [2.45, 2.75) is 0 Å². The van der Waals surface area contributed by atoms with E-state index in [9.17, 15) is 28.8 Å². The van der Waals surface area contributed by atoms with E-state index in [0.29, 0.717) is 66.8 Å². The van der Waals surface area contributed by atoms with E-state index in [1.54, 1.807) is 87.3 Å². The molecule has 0 fully saturated rings. The topological polar surface area (TPSA) is 153 Å². The van der Waals surface area contributed by atoms with E-state index in [-0.39, 0.29) is 107 Å². The Balaban J connectivity index is 0.000000176. The number of hydrogen-bond donors (Lipinski definition) is 0. The molecule has 0 bridgehead atoms. The van der Waals surface area contributed by atoms with Gasteiger partial charge in [0.2, 0.25) is 17.3 Å². The number of carbonyl (C=O) groups is 6. The van der Waals surface area contributed by atoms with Crippen LogP contribution in [0.5, 0.6) is 0 Å². The van der Waals surface area contributed by atoms with Crippen LogP contribution < -0.4 is 85.6 Å². The van der Waals surface area contributed by atoms with Gasteiger partial charge in [0.15, 0.2) is 54.5 Å². The van der Waals surface area contributed by atoms with Gasteiger partial charge in [0, 0.05) is 88.8 Å². The van der Waals surface area contributed by atoms with E-state index in [1.807, 2.05) is 21.1 Å². The van der Waals surface area contributed by atoms with Crippen molar-refractivity contribution in [3.05, 3.63) is 178 Å². The van der Waals surface area contributed by atoms with Crippen molar-refractivity contribution < 1.29 is 114 Å². The summed E-state index contributed by atoms with van der Waals surface area (Å²) in [7, 11) is 5.48. The number of fused-ring (bicyclic) bond motifs is 6. The summed E-state index contributed by atoms with van der Waals surface area (Å²) in [5.74, 6) is -0.760. The molecule has 3 aliphatic rings. The highest BCUT2D eigenvalue weighted by atomic mass is 127. The average Bonchev–Trinajstić information content (AvgIpc) is 3.15. The summed E-state index contributed by atoms with van der Waals surface area (Å²) < 4.78 is 5.31. The first-order valence-corrected chi connectivity index (χ1v) is 15.6. The lowest BCUT2D eigenvalue weighted by atomic mass is 9.86. The molecule has 9 rings (SSSR count). The van der Waals surface area contributed by atoms with Gasteiger partial charge in [-0.1, -0.05) is 0 Å². The second kappa shape index (κ2) is 17.1. The van der Waals surface area contributed by atoms with E-state index in [4.69, 9.17) is 0 Å². The van der Waals surface area contributed by atoms with Crippen LogP contribution in [-0.2, 0) is 21.1 Å². The molecular weight excluding hydrogens is 1030 g/mol. The highest BCUT2D eigenvalue weighted by molar-refractivity contribution is 6.29. The number of aryl methyl sites for hydroxylation is 3. The normalized spacial score (nSPS) is 12.5.